The minimum absolute atomic E-state index is 0. The van der Waals surface area contributed by atoms with Gasteiger partial charge in [-0.25, -0.2) is 0 Å². The Bertz CT molecular complexity index is 539. The van der Waals surface area contributed by atoms with Gasteiger partial charge < -0.3 is 15.4 Å². The topological polar surface area (TPSA) is 50.4 Å². The molecule has 0 aliphatic carbocycles. The normalized spacial score (nSPS) is 15.9. The number of rotatable bonds is 8. The number of hydrogen-bond donors (Lipinski definition) is 2. The van der Waals surface area contributed by atoms with Crippen molar-refractivity contribution in [2.45, 2.75) is 40.0 Å². The van der Waals surface area contributed by atoms with E-state index in [1.807, 2.05) is 19.1 Å². The molecule has 1 heterocycles. The van der Waals surface area contributed by atoms with Gasteiger partial charge in [0.2, 0.25) is 5.91 Å². The molecule has 1 aliphatic heterocycles. The lowest BCUT2D eigenvalue weighted by Gasteiger charge is -2.33. The van der Waals surface area contributed by atoms with E-state index in [9.17, 15) is 4.79 Å². The monoisotopic (exact) mass is 368 g/mol. The second-order valence-electron chi connectivity index (χ2n) is 8.04. The van der Waals surface area contributed by atoms with E-state index in [-0.39, 0.29) is 29.6 Å². The number of hydrogen-bond acceptors (Lipinski definition) is 3. The first-order chi connectivity index (χ1) is 11.3. The number of ether oxygens (including phenoxy) is 1. The predicted octanol–water partition coefficient (Wildman–Crippen LogP) is 3.39. The molecule has 2 N–H and O–H groups in total. The lowest BCUT2D eigenvalue weighted by Crippen LogP contribution is -2.50. The number of carbonyl (C=O) groups is 1. The molecular formula is C20H33ClN2O2. The first-order valence-electron chi connectivity index (χ1n) is 9.01. The van der Waals surface area contributed by atoms with Gasteiger partial charge in [-0.3, -0.25) is 4.79 Å². The van der Waals surface area contributed by atoms with Crippen molar-refractivity contribution in [2.24, 2.45) is 17.8 Å². The zero-order chi connectivity index (χ0) is 17.7. The maximum atomic E-state index is 12.3. The van der Waals surface area contributed by atoms with Gasteiger partial charge in [0.1, 0.15) is 5.75 Å². The third-order valence-corrected chi connectivity index (χ3v) is 4.86. The smallest absolute Gasteiger partial charge is 0.223 e. The zero-order valence-corrected chi connectivity index (χ0v) is 16.9. The van der Waals surface area contributed by atoms with Crippen LogP contribution in [0.5, 0.6) is 5.75 Å². The lowest BCUT2D eigenvalue weighted by atomic mass is 9.83. The third-order valence-electron chi connectivity index (χ3n) is 4.86. The van der Waals surface area contributed by atoms with E-state index in [4.69, 9.17) is 4.74 Å². The Kier molecular flexibility index (Phi) is 8.23. The Morgan fingerprint density at radius 3 is 2.32 bits per heavy atom. The lowest BCUT2D eigenvalue weighted by molar-refractivity contribution is -0.126. The van der Waals surface area contributed by atoms with Gasteiger partial charge in [0.25, 0.3) is 0 Å². The standard InChI is InChI=1S/C20H32N2O2.ClH/c1-14(2)12-24-18-8-6-17(7-9-18)20(4,5)13-22-19(23)15(3)16-10-21-11-16;/h6-9,14-16,21H,10-13H2,1-5H3,(H,22,23);1H. The van der Waals surface area contributed by atoms with Crippen LogP contribution in [0.3, 0.4) is 0 Å². The first-order valence-corrected chi connectivity index (χ1v) is 9.01. The molecule has 0 bridgehead atoms. The maximum absolute atomic E-state index is 12.3. The first kappa shape index (κ1) is 21.8. The summed E-state index contributed by atoms with van der Waals surface area (Å²) in [6.07, 6.45) is 0. The average Bonchev–Trinajstić information content (AvgIpc) is 2.49. The second kappa shape index (κ2) is 9.44. The van der Waals surface area contributed by atoms with Crippen molar-refractivity contribution in [2.75, 3.05) is 26.2 Å². The van der Waals surface area contributed by atoms with E-state index in [1.165, 1.54) is 5.56 Å². The number of carbonyl (C=O) groups excluding carboxylic acids is 1. The van der Waals surface area contributed by atoms with Gasteiger partial charge in [-0.2, -0.15) is 0 Å². The maximum Gasteiger partial charge on any atom is 0.223 e. The number of halogens is 1. The summed E-state index contributed by atoms with van der Waals surface area (Å²) < 4.78 is 5.73. The van der Waals surface area contributed by atoms with Crippen molar-refractivity contribution in [3.05, 3.63) is 29.8 Å². The number of nitrogens with one attached hydrogen (secondary N) is 2. The molecule has 25 heavy (non-hydrogen) atoms. The van der Waals surface area contributed by atoms with E-state index in [1.54, 1.807) is 0 Å². The molecule has 0 radical (unpaired) electrons. The van der Waals surface area contributed by atoms with E-state index in [0.717, 1.165) is 25.4 Å². The van der Waals surface area contributed by atoms with Crippen LogP contribution in [-0.2, 0) is 10.2 Å². The molecule has 1 saturated heterocycles. The number of amides is 1. The molecule has 1 amide bonds. The van der Waals surface area contributed by atoms with Crippen molar-refractivity contribution < 1.29 is 9.53 Å². The Morgan fingerprint density at radius 1 is 1.24 bits per heavy atom. The Morgan fingerprint density at radius 2 is 1.84 bits per heavy atom. The fourth-order valence-corrected chi connectivity index (χ4v) is 2.72. The quantitative estimate of drug-likeness (QED) is 0.739. The molecule has 1 unspecified atom stereocenters. The molecule has 0 spiro atoms. The fraction of sp³-hybridized carbons (Fsp3) is 0.650. The van der Waals surface area contributed by atoms with Gasteiger partial charge in [0, 0.05) is 17.9 Å². The zero-order valence-electron chi connectivity index (χ0n) is 16.1. The van der Waals surface area contributed by atoms with Crippen LogP contribution in [0.15, 0.2) is 24.3 Å². The van der Waals surface area contributed by atoms with Crippen LogP contribution >= 0.6 is 12.4 Å². The minimum atomic E-state index is -0.107. The van der Waals surface area contributed by atoms with E-state index in [2.05, 4.69) is 50.5 Å². The molecule has 0 aromatic heterocycles. The van der Waals surface area contributed by atoms with Gasteiger partial charge in [0.05, 0.1) is 6.61 Å². The van der Waals surface area contributed by atoms with Crippen LogP contribution in [0.1, 0.15) is 40.2 Å². The van der Waals surface area contributed by atoms with Crippen molar-refractivity contribution in [3.63, 3.8) is 0 Å². The van der Waals surface area contributed by atoms with Crippen molar-refractivity contribution in [1.29, 1.82) is 0 Å². The molecule has 1 aliphatic rings. The van der Waals surface area contributed by atoms with Gasteiger partial charge in [0.15, 0.2) is 0 Å². The van der Waals surface area contributed by atoms with Crippen LogP contribution in [0, 0.1) is 17.8 Å². The Balaban J connectivity index is 0.00000312. The van der Waals surface area contributed by atoms with Crippen LogP contribution in [0.2, 0.25) is 0 Å². The summed E-state index contributed by atoms with van der Waals surface area (Å²) in [5, 5.41) is 6.35. The van der Waals surface area contributed by atoms with Gasteiger partial charge in [-0.05, 0) is 42.6 Å². The highest BCUT2D eigenvalue weighted by Crippen LogP contribution is 2.25. The molecule has 0 saturated carbocycles. The van der Waals surface area contributed by atoms with Gasteiger partial charge >= 0.3 is 0 Å². The molecule has 1 fully saturated rings. The van der Waals surface area contributed by atoms with E-state index < -0.39 is 0 Å². The van der Waals surface area contributed by atoms with Gasteiger partial charge in [-0.15, -0.1) is 12.4 Å². The van der Waals surface area contributed by atoms with Crippen molar-refractivity contribution in [3.8, 4) is 5.75 Å². The minimum Gasteiger partial charge on any atom is -0.493 e. The molecule has 1 aromatic carbocycles. The van der Waals surface area contributed by atoms with Crippen molar-refractivity contribution in [1.82, 2.24) is 10.6 Å². The summed E-state index contributed by atoms with van der Waals surface area (Å²) in [5.74, 6) is 2.13. The predicted molar refractivity (Wildman–Crippen MR) is 106 cm³/mol. The molecule has 2 rings (SSSR count). The molecule has 5 heteroatoms. The molecule has 4 nitrogen and oxygen atoms in total. The summed E-state index contributed by atoms with van der Waals surface area (Å²) in [6.45, 7) is 13.9. The third kappa shape index (κ3) is 6.19. The van der Waals surface area contributed by atoms with E-state index >= 15 is 0 Å². The molecular weight excluding hydrogens is 336 g/mol. The highest BCUT2D eigenvalue weighted by atomic mass is 35.5. The van der Waals surface area contributed by atoms with Crippen LogP contribution in [0.4, 0.5) is 0 Å². The van der Waals surface area contributed by atoms with Crippen molar-refractivity contribution >= 4 is 18.3 Å². The molecule has 1 aromatic rings. The SMILES string of the molecule is CC(C)COc1ccc(C(C)(C)CNC(=O)C(C)C2CNC2)cc1.Cl. The Labute approximate surface area is 158 Å². The largest absolute Gasteiger partial charge is 0.493 e. The van der Waals surface area contributed by atoms with E-state index in [0.29, 0.717) is 18.4 Å². The van der Waals surface area contributed by atoms with Crippen LogP contribution in [0.25, 0.3) is 0 Å². The summed E-state index contributed by atoms with van der Waals surface area (Å²) in [7, 11) is 0. The van der Waals surface area contributed by atoms with Crippen LogP contribution < -0.4 is 15.4 Å². The molecule has 1 atom stereocenters. The summed E-state index contributed by atoms with van der Waals surface area (Å²) in [4.78, 5) is 12.3. The highest BCUT2D eigenvalue weighted by Gasteiger charge is 2.30. The van der Waals surface area contributed by atoms with Gasteiger partial charge in [-0.1, -0.05) is 46.8 Å². The average molecular weight is 369 g/mol. The summed E-state index contributed by atoms with van der Waals surface area (Å²) in [6, 6.07) is 8.23. The second-order valence-corrected chi connectivity index (χ2v) is 8.04. The number of benzene rings is 1. The summed E-state index contributed by atoms with van der Waals surface area (Å²) in [5.41, 5.74) is 1.10. The highest BCUT2D eigenvalue weighted by molar-refractivity contribution is 5.85. The summed E-state index contributed by atoms with van der Waals surface area (Å²) >= 11 is 0. The Hall–Kier alpha value is -1.26. The fourth-order valence-electron chi connectivity index (χ4n) is 2.72. The molecule has 142 valence electrons. The van der Waals surface area contributed by atoms with Crippen LogP contribution in [-0.4, -0.2) is 32.1 Å².